The second-order valence-electron chi connectivity index (χ2n) is 5.02. The van der Waals surface area contributed by atoms with E-state index in [1.54, 1.807) is 0 Å². The maximum atomic E-state index is 12.3. The standard InChI is InChI=1S/C14H17NO5/c1-8-6-15(7-11(8)14(19)20-2)13(18)10-4-3-9(16)5-12(10)17/h3-5,8,11,16-17H,6-7H2,1-2H3. The van der Waals surface area contributed by atoms with Gasteiger partial charge in [-0.05, 0) is 18.1 Å². The fourth-order valence-corrected chi connectivity index (χ4v) is 2.46. The van der Waals surface area contributed by atoms with Gasteiger partial charge in [0.15, 0.2) is 0 Å². The molecule has 2 rings (SSSR count). The van der Waals surface area contributed by atoms with Gasteiger partial charge in [0.05, 0.1) is 18.6 Å². The molecule has 1 fully saturated rings. The maximum Gasteiger partial charge on any atom is 0.310 e. The molecule has 1 aromatic carbocycles. The van der Waals surface area contributed by atoms with Gasteiger partial charge in [0, 0.05) is 19.2 Å². The van der Waals surface area contributed by atoms with E-state index in [9.17, 15) is 19.8 Å². The van der Waals surface area contributed by atoms with Crippen molar-refractivity contribution in [3.63, 3.8) is 0 Å². The summed E-state index contributed by atoms with van der Waals surface area (Å²) in [6.07, 6.45) is 0. The average molecular weight is 279 g/mol. The summed E-state index contributed by atoms with van der Waals surface area (Å²) in [6, 6.07) is 3.82. The Kier molecular flexibility index (Phi) is 3.83. The number of likely N-dealkylation sites (tertiary alicyclic amines) is 1. The Labute approximate surface area is 116 Å². The number of nitrogens with zero attached hydrogens (tertiary/aromatic N) is 1. The first-order valence-corrected chi connectivity index (χ1v) is 6.33. The first kappa shape index (κ1) is 14.2. The Morgan fingerprint density at radius 1 is 1.30 bits per heavy atom. The molecule has 0 aliphatic carbocycles. The summed E-state index contributed by atoms with van der Waals surface area (Å²) in [6.45, 7) is 2.58. The Balaban J connectivity index is 2.17. The highest BCUT2D eigenvalue weighted by Crippen LogP contribution is 2.29. The predicted molar refractivity (Wildman–Crippen MR) is 70.3 cm³/mol. The third kappa shape index (κ3) is 2.54. The smallest absolute Gasteiger partial charge is 0.310 e. The van der Waals surface area contributed by atoms with Crippen LogP contribution in [0.2, 0.25) is 0 Å². The van der Waals surface area contributed by atoms with Crippen molar-refractivity contribution in [3.8, 4) is 11.5 Å². The van der Waals surface area contributed by atoms with Gasteiger partial charge in [-0.3, -0.25) is 9.59 Å². The molecule has 6 heteroatoms. The van der Waals surface area contributed by atoms with Crippen LogP contribution in [0.15, 0.2) is 18.2 Å². The molecule has 1 aliphatic heterocycles. The number of phenols is 2. The number of amides is 1. The molecule has 0 radical (unpaired) electrons. The maximum absolute atomic E-state index is 12.3. The fraction of sp³-hybridized carbons (Fsp3) is 0.429. The minimum atomic E-state index is -0.360. The zero-order valence-electron chi connectivity index (χ0n) is 11.4. The zero-order valence-corrected chi connectivity index (χ0v) is 11.4. The zero-order chi connectivity index (χ0) is 14.9. The van der Waals surface area contributed by atoms with Crippen LogP contribution in [0.1, 0.15) is 17.3 Å². The van der Waals surface area contributed by atoms with Gasteiger partial charge in [0.1, 0.15) is 11.5 Å². The highest BCUT2D eigenvalue weighted by molar-refractivity contribution is 5.97. The lowest BCUT2D eigenvalue weighted by molar-refractivity contribution is -0.146. The molecule has 2 N–H and O–H groups in total. The summed E-state index contributed by atoms with van der Waals surface area (Å²) < 4.78 is 4.72. The average Bonchev–Trinajstić information content (AvgIpc) is 2.79. The lowest BCUT2D eigenvalue weighted by Gasteiger charge is -2.16. The van der Waals surface area contributed by atoms with E-state index in [1.807, 2.05) is 6.92 Å². The van der Waals surface area contributed by atoms with Crippen molar-refractivity contribution in [2.24, 2.45) is 11.8 Å². The first-order chi connectivity index (χ1) is 9.43. The largest absolute Gasteiger partial charge is 0.508 e. The second kappa shape index (κ2) is 5.40. The summed E-state index contributed by atoms with van der Waals surface area (Å²) in [4.78, 5) is 25.4. The van der Waals surface area contributed by atoms with Crippen molar-refractivity contribution in [1.82, 2.24) is 4.90 Å². The topological polar surface area (TPSA) is 87.1 Å². The van der Waals surface area contributed by atoms with Crippen LogP contribution < -0.4 is 0 Å². The number of hydrogen-bond acceptors (Lipinski definition) is 5. The van der Waals surface area contributed by atoms with Crippen LogP contribution >= 0.6 is 0 Å². The van der Waals surface area contributed by atoms with Crippen molar-refractivity contribution in [1.29, 1.82) is 0 Å². The highest BCUT2D eigenvalue weighted by atomic mass is 16.5. The lowest BCUT2D eigenvalue weighted by atomic mass is 9.99. The molecule has 1 amide bonds. The van der Waals surface area contributed by atoms with Crippen LogP contribution in [-0.2, 0) is 9.53 Å². The van der Waals surface area contributed by atoms with Gasteiger partial charge in [-0.25, -0.2) is 0 Å². The lowest BCUT2D eigenvalue weighted by Crippen LogP contribution is -2.30. The molecule has 108 valence electrons. The summed E-state index contributed by atoms with van der Waals surface area (Å²) >= 11 is 0. The van der Waals surface area contributed by atoms with E-state index in [0.717, 1.165) is 6.07 Å². The van der Waals surface area contributed by atoms with Crippen molar-refractivity contribution >= 4 is 11.9 Å². The molecule has 2 unspecified atom stereocenters. The summed E-state index contributed by atoms with van der Waals surface area (Å²) in [5.41, 5.74) is 0.112. The van der Waals surface area contributed by atoms with Gasteiger partial charge in [-0.2, -0.15) is 0 Å². The fourth-order valence-electron chi connectivity index (χ4n) is 2.46. The predicted octanol–water partition coefficient (Wildman–Crippen LogP) is 0.979. The minimum Gasteiger partial charge on any atom is -0.508 e. The van der Waals surface area contributed by atoms with Crippen LogP contribution in [0.5, 0.6) is 11.5 Å². The number of rotatable bonds is 2. The Hall–Kier alpha value is -2.24. The number of methoxy groups -OCH3 is 1. The van der Waals surface area contributed by atoms with E-state index < -0.39 is 0 Å². The molecule has 0 saturated carbocycles. The normalized spacial score (nSPS) is 21.8. The van der Waals surface area contributed by atoms with Crippen LogP contribution in [0.4, 0.5) is 0 Å². The molecule has 0 aromatic heterocycles. The van der Waals surface area contributed by atoms with Crippen LogP contribution in [-0.4, -0.2) is 47.2 Å². The van der Waals surface area contributed by atoms with Gasteiger partial charge >= 0.3 is 5.97 Å². The minimum absolute atomic E-state index is 0.00524. The van der Waals surface area contributed by atoms with E-state index in [-0.39, 0.29) is 47.3 Å². The number of ether oxygens (including phenoxy) is 1. The molecule has 0 spiro atoms. The first-order valence-electron chi connectivity index (χ1n) is 6.33. The summed E-state index contributed by atoms with van der Waals surface area (Å²) in [7, 11) is 1.32. The van der Waals surface area contributed by atoms with Crippen molar-refractivity contribution in [2.75, 3.05) is 20.2 Å². The number of carbonyl (C=O) groups is 2. The van der Waals surface area contributed by atoms with Crippen LogP contribution in [0.3, 0.4) is 0 Å². The molecular formula is C14H17NO5. The Morgan fingerprint density at radius 2 is 2.00 bits per heavy atom. The monoisotopic (exact) mass is 279 g/mol. The van der Waals surface area contributed by atoms with Crippen molar-refractivity contribution in [3.05, 3.63) is 23.8 Å². The molecule has 1 saturated heterocycles. The number of esters is 1. The van der Waals surface area contributed by atoms with E-state index >= 15 is 0 Å². The Bertz CT molecular complexity index is 542. The molecular weight excluding hydrogens is 262 g/mol. The van der Waals surface area contributed by atoms with Gasteiger partial charge in [0.25, 0.3) is 5.91 Å². The summed E-state index contributed by atoms with van der Waals surface area (Å²) in [5, 5.41) is 18.9. The SMILES string of the molecule is COC(=O)C1CN(C(=O)c2ccc(O)cc2O)CC1C. The Morgan fingerprint density at radius 3 is 2.60 bits per heavy atom. The van der Waals surface area contributed by atoms with Crippen molar-refractivity contribution in [2.45, 2.75) is 6.92 Å². The number of benzene rings is 1. The molecule has 20 heavy (non-hydrogen) atoms. The molecule has 1 aromatic rings. The highest BCUT2D eigenvalue weighted by Gasteiger charge is 2.38. The summed E-state index contributed by atoms with van der Waals surface area (Å²) in [5.74, 6) is -1.41. The molecule has 6 nitrogen and oxygen atoms in total. The van der Waals surface area contributed by atoms with E-state index in [0.29, 0.717) is 6.54 Å². The van der Waals surface area contributed by atoms with Gasteiger partial charge < -0.3 is 19.8 Å². The second-order valence-corrected chi connectivity index (χ2v) is 5.02. The van der Waals surface area contributed by atoms with Gasteiger partial charge in [-0.15, -0.1) is 0 Å². The molecule has 2 atom stereocenters. The number of carbonyl (C=O) groups excluding carboxylic acids is 2. The van der Waals surface area contributed by atoms with Gasteiger partial charge in [0.2, 0.25) is 0 Å². The quantitative estimate of drug-likeness (QED) is 0.788. The van der Waals surface area contributed by atoms with Crippen LogP contribution in [0.25, 0.3) is 0 Å². The third-order valence-electron chi connectivity index (χ3n) is 3.62. The number of phenolic OH excluding ortho intramolecular Hbond substituents is 2. The molecule has 1 aliphatic rings. The van der Waals surface area contributed by atoms with E-state index in [4.69, 9.17) is 4.74 Å². The van der Waals surface area contributed by atoms with Gasteiger partial charge in [-0.1, -0.05) is 6.92 Å². The molecule has 1 heterocycles. The molecule has 0 bridgehead atoms. The third-order valence-corrected chi connectivity index (χ3v) is 3.62. The number of aromatic hydroxyl groups is 2. The van der Waals surface area contributed by atoms with E-state index in [2.05, 4.69) is 0 Å². The number of hydrogen-bond donors (Lipinski definition) is 2. The van der Waals surface area contributed by atoms with Crippen LogP contribution in [0, 0.1) is 11.8 Å². The van der Waals surface area contributed by atoms with E-state index in [1.165, 1.54) is 24.1 Å². The van der Waals surface area contributed by atoms with Crippen molar-refractivity contribution < 1.29 is 24.5 Å².